The van der Waals surface area contributed by atoms with E-state index in [4.69, 9.17) is 14.5 Å². The van der Waals surface area contributed by atoms with E-state index in [1.165, 1.54) is 12.8 Å². The van der Waals surface area contributed by atoms with Crippen molar-refractivity contribution in [2.24, 2.45) is 12.0 Å². The van der Waals surface area contributed by atoms with Gasteiger partial charge in [0, 0.05) is 37.0 Å². The van der Waals surface area contributed by atoms with E-state index in [0.717, 1.165) is 42.0 Å². The van der Waals surface area contributed by atoms with E-state index in [1.807, 2.05) is 38.4 Å². The van der Waals surface area contributed by atoms with Gasteiger partial charge >= 0.3 is 0 Å². The molecule has 0 bridgehead atoms. The molecule has 170 valence electrons. The third-order valence-corrected chi connectivity index (χ3v) is 5.55. The molecule has 0 saturated heterocycles. The zero-order chi connectivity index (χ0) is 22.3. The molecule has 3 rings (SSSR count). The lowest BCUT2D eigenvalue weighted by atomic mass is 10.00. The van der Waals surface area contributed by atoms with Crippen molar-refractivity contribution in [3.63, 3.8) is 0 Å². The molecule has 0 aliphatic heterocycles. The number of benzene rings is 1. The summed E-state index contributed by atoms with van der Waals surface area (Å²) < 4.78 is 13.3. The predicted octanol–water partition coefficient (Wildman–Crippen LogP) is 2.71. The Morgan fingerprint density at radius 3 is 2.74 bits per heavy atom. The van der Waals surface area contributed by atoms with Gasteiger partial charge in [-0.05, 0) is 51.7 Å². The van der Waals surface area contributed by atoms with Crippen LogP contribution in [0.4, 0.5) is 0 Å². The summed E-state index contributed by atoms with van der Waals surface area (Å²) in [4.78, 5) is 4.72. The zero-order valence-electron chi connectivity index (χ0n) is 19.0. The smallest absolute Gasteiger partial charge is 0.191 e. The van der Waals surface area contributed by atoms with Crippen LogP contribution in [-0.4, -0.2) is 47.1 Å². The number of nitrogens with zero attached hydrogens (tertiary/aromatic N) is 3. The number of aryl methyl sites for hydroxylation is 1. The molecule has 0 spiro atoms. The zero-order valence-corrected chi connectivity index (χ0v) is 19.0. The highest BCUT2D eigenvalue weighted by Gasteiger charge is 2.25. The van der Waals surface area contributed by atoms with E-state index in [1.54, 1.807) is 24.9 Å². The fraction of sp³-hybridized carbons (Fsp3) is 0.565. The molecule has 1 fully saturated rings. The third kappa shape index (κ3) is 6.37. The van der Waals surface area contributed by atoms with Crippen LogP contribution < -0.4 is 20.1 Å². The van der Waals surface area contributed by atoms with Crippen LogP contribution in [-0.2, 0) is 19.2 Å². The number of hydrogen-bond acceptors (Lipinski definition) is 5. The molecule has 3 N–H and O–H groups in total. The summed E-state index contributed by atoms with van der Waals surface area (Å²) in [6.45, 7) is 5.25. The SMILES string of the molecule is CCNC(=NCc1ccc(OC)cc1OC1CCCC1)NCC(C)(O)c1cnn(C)c1. The minimum Gasteiger partial charge on any atom is -0.497 e. The Morgan fingerprint density at radius 1 is 1.32 bits per heavy atom. The van der Waals surface area contributed by atoms with Gasteiger partial charge < -0.3 is 25.2 Å². The van der Waals surface area contributed by atoms with Crippen LogP contribution in [0.15, 0.2) is 35.6 Å². The van der Waals surface area contributed by atoms with Gasteiger partial charge in [0.05, 0.1) is 32.5 Å². The highest BCUT2D eigenvalue weighted by molar-refractivity contribution is 5.79. The first-order valence-corrected chi connectivity index (χ1v) is 11.0. The summed E-state index contributed by atoms with van der Waals surface area (Å²) in [5, 5.41) is 21.5. The molecule has 0 amide bonds. The molecule has 1 aliphatic carbocycles. The Bertz CT molecular complexity index is 872. The Balaban J connectivity index is 1.70. The summed E-state index contributed by atoms with van der Waals surface area (Å²) in [6.07, 6.45) is 8.36. The van der Waals surface area contributed by atoms with E-state index < -0.39 is 5.60 Å². The minimum absolute atomic E-state index is 0.260. The lowest BCUT2D eigenvalue weighted by Crippen LogP contribution is -2.44. The molecule has 1 aromatic heterocycles. The van der Waals surface area contributed by atoms with Gasteiger partial charge in [-0.3, -0.25) is 4.68 Å². The van der Waals surface area contributed by atoms with Crippen LogP contribution in [0.5, 0.6) is 11.5 Å². The molecule has 8 nitrogen and oxygen atoms in total. The topological polar surface area (TPSA) is 92.9 Å². The fourth-order valence-electron chi connectivity index (χ4n) is 3.65. The van der Waals surface area contributed by atoms with E-state index >= 15 is 0 Å². The second-order valence-corrected chi connectivity index (χ2v) is 8.22. The van der Waals surface area contributed by atoms with Crippen LogP contribution >= 0.6 is 0 Å². The van der Waals surface area contributed by atoms with Gasteiger partial charge in [0.25, 0.3) is 0 Å². The molecule has 31 heavy (non-hydrogen) atoms. The fourth-order valence-corrected chi connectivity index (χ4v) is 3.65. The van der Waals surface area contributed by atoms with Gasteiger partial charge in [0.2, 0.25) is 0 Å². The average molecular weight is 430 g/mol. The van der Waals surface area contributed by atoms with E-state index in [9.17, 15) is 5.11 Å². The maximum Gasteiger partial charge on any atom is 0.191 e. The maximum atomic E-state index is 10.8. The van der Waals surface area contributed by atoms with Gasteiger partial charge in [0.1, 0.15) is 17.1 Å². The van der Waals surface area contributed by atoms with E-state index in [2.05, 4.69) is 15.7 Å². The number of ether oxygens (including phenoxy) is 2. The van der Waals surface area contributed by atoms with Gasteiger partial charge in [-0.15, -0.1) is 0 Å². The number of methoxy groups -OCH3 is 1. The van der Waals surface area contributed by atoms with Crippen molar-refractivity contribution in [3.8, 4) is 11.5 Å². The Labute approximate surface area is 184 Å². The molecule has 8 heteroatoms. The summed E-state index contributed by atoms with van der Waals surface area (Å²) in [7, 11) is 3.49. The van der Waals surface area contributed by atoms with Crippen LogP contribution in [0.25, 0.3) is 0 Å². The quantitative estimate of drug-likeness (QED) is 0.419. The van der Waals surface area contributed by atoms with Crippen LogP contribution in [0.3, 0.4) is 0 Å². The van der Waals surface area contributed by atoms with Crippen molar-refractivity contribution in [2.45, 2.75) is 57.8 Å². The van der Waals surface area contributed by atoms with E-state index in [-0.39, 0.29) is 6.10 Å². The molecule has 1 saturated carbocycles. The molecular weight excluding hydrogens is 394 g/mol. The van der Waals surface area contributed by atoms with Gasteiger partial charge in [-0.25, -0.2) is 4.99 Å². The Hall–Kier alpha value is -2.74. The summed E-state index contributed by atoms with van der Waals surface area (Å²) in [5.74, 6) is 2.24. The largest absolute Gasteiger partial charge is 0.497 e. The van der Waals surface area contributed by atoms with Crippen molar-refractivity contribution in [3.05, 3.63) is 41.7 Å². The number of guanidine groups is 1. The first-order valence-electron chi connectivity index (χ1n) is 11.0. The van der Waals surface area contributed by atoms with Crippen molar-refractivity contribution >= 4 is 5.96 Å². The number of nitrogens with one attached hydrogen (secondary N) is 2. The number of aliphatic hydroxyl groups is 1. The lowest BCUT2D eigenvalue weighted by Gasteiger charge is -2.24. The molecule has 1 heterocycles. The average Bonchev–Trinajstić information content (AvgIpc) is 3.43. The maximum absolute atomic E-state index is 10.8. The van der Waals surface area contributed by atoms with Crippen molar-refractivity contribution < 1.29 is 14.6 Å². The van der Waals surface area contributed by atoms with Crippen LogP contribution in [0.1, 0.15) is 50.7 Å². The number of rotatable bonds is 9. The normalized spacial score (nSPS) is 16.7. The Kier molecular flexibility index (Phi) is 7.79. The number of hydrogen-bond donors (Lipinski definition) is 3. The molecule has 0 radical (unpaired) electrons. The third-order valence-electron chi connectivity index (χ3n) is 5.55. The second kappa shape index (κ2) is 10.5. The highest BCUT2D eigenvalue weighted by atomic mass is 16.5. The molecule has 2 aromatic rings. The van der Waals surface area contributed by atoms with E-state index in [0.29, 0.717) is 19.0 Å². The molecule has 1 unspecified atom stereocenters. The molecule has 1 atom stereocenters. The Morgan fingerprint density at radius 2 is 2.10 bits per heavy atom. The van der Waals surface area contributed by atoms with Gasteiger partial charge in [0.15, 0.2) is 5.96 Å². The lowest BCUT2D eigenvalue weighted by molar-refractivity contribution is 0.0616. The van der Waals surface area contributed by atoms with Gasteiger partial charge in [-0.2, -0.15) is 5.10 Å². The summed E-state index contributed by atoms with van der Waals surface area (Å²) in [5.41, 5.74) is 0.686. The molecule has 1 aliphatic rings. The predicted molar refractivity (Wildman–Crippen MR) is 121 cm³/mol. The van der Waals surface area contributed by atoms with Crippen LogP contribution in [0.2, 0.25) is 0 Å². The standard InChI is InChI=1S/C23H35N5O3/c1-5-24-22(26-16-23(2,29)18-14-27-28(3)15-18)25-13-17-10-11-20(30-4)12-21(17)31-19-8-6-7-9-19/h10-12,14-15,19,29H,5-9,13,16H2,1-4H3,(H2,24,25,26). The monoisotopic (exact) mass is 429 g/mol. The summed E-state index contributed by atoms with van der Waals surface area (Å²) in [6, 6.07) is 5.87. The van der Waals surface area contributed by atoms with Crippen molar-refractivity contribution in [1.82, 2.24) is 20.4 Å². The second-order valence-electron chi connectivity index (χ2n) is 8.22. The van der Waals surface area contributed by atoms with Gasteiger partial charge in [-0.1, -0.05) is 0 Å². The van der Waals surface area contributed by atoms with Crippen molar-refractivity contribution in [1.29, 1.82) is 0 Å². The molecular formula is C23H35N5O3. The molecule has 1 aromatic carbocycles. The number of aliphatic imine (C=N–C) groups is 1. The van der Waals surface area contributed by atoms with Crippen molar-refractivity contribution in [2.75, 3.05) is 20.2 Å². The highest BCUT2D eigenvalue weighted by Crippen LogP contribution is 2.30. The van der Waals surface area contributed by atoms with Crippen LogP contribution in [0, 0.1) is 0 Å². The first kappa shape index (κ1) is 22.9. The minimum atomic E-state index is -1.07. The summed E-state index contributed by atoms with van der Waals surface area (Å²) >= 11 is 0. The number of aromatic nitrogens is 2. The first-order chi connectivity index (χ1) is 14.9.